The zero-order valence-corrected chi connectivity index (χ0v) is 9.90. The number of sulfone groups is 1. The molecule has 16 heavy (non-hydrogen) atoms. The minimum atomic E-state index is -4.68. The highest BCUT2D eigenvalue weighted by Crippen LogP contribution is 2.19. The summed E-state index contributed by atoms with van der Waals surface area (Å²) in [7, 11) is -3.23. The topological polar surface area (TPSA) is 66.4 Å². The van der Waals surface area contributed by atoms with E-state index in [0.29, 0.717) is 0 Å². The monoisotopic (exact) mass is 263 g/mol. The highest BCUT2D eigenvalue weighted by Gasteiger charge is 2.38. The van der Waals surface area contributed by atoms with Crippen molar-refractivity contribution in [3.8, 4) is 0 Å². The molecule has 0 bridgehead atoms. The first-order valence-corrected chi connectivity index (χ1v) is 6.59. The van der Waals surface area contributed by atoms with Crippen LogP contribution in [0.1, 0.15) is 13.8 Å². The molecule has 0 amide bonds. The fourth-order valence-electron chi connectivity index (χ4n) is 0.986. The second-order valence-electron chi connectivity index (χ2n) is 3.57. The first-order chi connectivity index (χ1) is 7.08. The van der Waals surface area contributed by atoms with Crippen LogP contribution >= 0.6 is 0 Å². The third-order valence-corrected chi connectivity index (χ3v) is 3.87. The Balaban J connectivity index is 4.05. The van der Waals surface area contributed by atoms with Gasteiger partial charge in [-0.3, -0.25) is 0 Å². The molecule has 0 heterocycles. The van der Waals surface area contributed by atoms with Crippen LogP contribution in [0.25, 0.3) is 0 Å². The maximum atomic E-state index is 11.9. The van der Waals surface area contributed by atoms with Gasteiger partial charge in [0.05, 0.1) is 5.75 Å². The van der Waals surface area contributed by atoms with Gasteiger partial charge in [-0.1, -0.05) is 6.92 Å². The fourth-order valence-corrected chi connectivity index (χ4v) is 2.10. The Bertz CT molecular complexity index is 302. The number of aliphatic hydroxyl groups is 1. The van der Waals surface area contributed by atoms with Gasteiger partial charge in [-0.25, -0.2) is 8.42 Å². The fraction of sp³-hybridized carbons (Fsp3) is 1.00. The van der Waals surface area contributed by atoms with Crippen LogP contribution in [-0.2, 0) is 9.84 Å². The highest BCUT2D eigenvalue weighted by atomic mass is 32.2. The molecular weight excluding hydrogens is 247 g/mol. The molecule has 0 aromatic rings. The first-order valence-electron chi connectivity index (χ1n) is 4.77. The first kappa shape index (κ1) is 15.7. The zero-order valence-electron chi connectivity index (χ0n) is 9.08. The van der Waals surface area contributed by atoms with E-state index in [1.165, 1.54) is 13.8 Å². The molecule has 2 atom stereocenters. The van der Waals surface area contributed by atoms with Crippen molar-refractivity contribution >= 4 is 9.84 Å². The average molecular weight is 263 g/mol. The molecule has 2 unspecified atom stereocenters. The lowest BCUT2D eigenvalue weighted by Gasteiger charge is -2.18. The third kappa shape index (κ3) is 6.29. The van der Waals surface area contributed by atoms with Crippen LogP contribution in [0, 0.1) is 0 Å². The van der Waals surface area contributed by atoms with Crippen LogP contribution < -0.4 is 5.32 Å². The van der Waals surface area contributed by atoms with Crippen molar-refractivity contribution in [1.29, 1.82) is 0 Å². The predicted molar refractivity (Wildman–Crippen MR) is 53.9 cm³/mol. The van der Waals surface area contributed by atoms with E-state index in [1.807, 2.05) is 0 Å². The summed E-state index contributed by atoms with van der Waals surface area (Å²) in [5.74, 6) is -0.297. The minimum absolute atomic E-state index is 0.0547. The molecule has 8 heteroatoms. The molecule has 0 fully saturated rings. The minimum Gasteiger partial charge on any atom is -0.382 e. The molecule has 4 nitrogen and oxygen atoms in total. The summed E-state index contributed by atoms with van der Waals surface area (Å²) in [6.45, 7) is 2.22. The summed E-state index contributed by atoms with van der Waals surface area (Å²) < 4.78 is 57.9. The van der Waals surface area contributed by atoms with Crippen LogP contribution in [-0.4, -0.2) is 49.9 Å². The standard InChI is InChI=1S/C8H16F3NO3S/c1-3-16(14,15)5-6(2)12-4-7(13)8(9,10)11/h6-7,12-13H,3-5H2,1-2H3. The van der Waals surface area contributed by atoms with Crippen molar-refractivity contribution in [2.45, 2.75) is 32.2 Å². The third-order valence-electron chi connectivity index (χ3n) is 1.98. The van der Waals surface area contributed by atoms with Crippen LogP contribution in [0.2, 0.25) is 0 Å². The van der Waals surface area contributed by atoms with Gasteiger partial charge >= 0.3 is 6.18 Å². The maximum Gasteiger partial charge on any atom is 0.415 e. The van der Waals surface area contributed by atoms with E-state index in [2.05, 4.69) is 5.32 Å². The Morgan fingerprint density at radius 3 is 2.25 bits per heavy atom. The van der Waals surface area contributed by atoms with Crippen molar-refractivity contribution < 1.29 is 26.7 Å². The van der Waals surface area contributed by atoms with Crippen molar-refractivity contribution in [3.63, 3.8) is 0 Å². The largest absolute Gasteiger partial charge is 0.415 e. The van der Waals surface area contributed by atoms with Gasteiger partial charge in [0.1, 0.15) is 0 Å². The van der Waals surface area contributed by atoms with E-state index in [0.717, 1.165) is 0 Å². The number of alkyl halides is 3. The Hall–Kier alpha value is -0.340. The predicted octanol–water partition coefficient (Wildman–Crippen LogP) is 0.322. The smallest absolute Gasteiger partial charge is 0.382 e. The molecule has 0 aromatic carbocycles. The number of aliphatic hydroxyl groups excluding tert-OH is 1. The molecule has 0 saturated carbocycles. The zero-order chi connectivity index (χ0) is 13.0. The second-order valence-corrected chi connectivity index (χ2v) is 5.96. The Morgan fingerprint density at radius 1 is 1.38 bits per heavy atom. The van der Waals surface area contributed by atoms with Gasteiger partial charge in [0.15, 0.2) is 15.9 Å². The van der Waals surface area contributed by atoms with Gasteiger partial charge in [0.2, 0.25) is 0 Å². The van der Waals surface area contributed by atoms with E-state index in [9.17, 15) is 21.6 Å². The molecule has 0 spiro atoms. The van der Waals surface area contributed by atoms with E-state index in [1.54, 1.807) is 0 Å². The van der Waals surface area contributed by atoms with E-state index in [-0.39, 0.29) is 11.5 Å². The Labute approximate surface area is 92.8 Å². The lowest BCUT2D eigenvalue weighted by atomic mass is 10.3. The van der Waals surface area contributed by atoms with Gasteiger partial charge in [-0.2, -0.15) is 13.2 Å². The number of hydrogen-bond acceptors (Lipinski definition) is 4. The van der Waals surface area contributed by atoms with Gasteiger partial charge in [0, 0.05) is 18.3 Å². The molecule has 0 aromatic heterocycles. The average Bonchev–Trinajstić information content (AvgIpc) is 2.12. The van der Waals surface area contributed by atoms with Crippen LogP contribution in [0.3, 0.4) is 0 Å². The quantitative estimate of drug-likeness (QED) is 0.724. The van der Waals surface area contributed by atoms with Crippen LogP contribution in [0.4, 0.5) is 13.2 Å². The lowest BCUT2D eigenvalue weighted by Crippen LogP contribution is -2.43. The molecule has 0 radical (unpaired) electrons. The van der Waals surface area contributed by atoms with Crippen LogP contribution in [0.15, 0.2) is 0 Å². The van der Waals surface area contributed by atoms with Crippen molar-refractivity contribution in [3.05, 3.63) is 0 Å². The molecular formula is C8H16F3NO3S. The van der Waals surface area contributed by atoms with Gasteiger partial charge in [-0.15, -0.1) is 0 Å². The molecule has 0 aliphatic carbocycles. The molecule has 0 aliphatic rings. The molecule has 0 saturated heterocycles. The number of hydrogen-bond donors (Lipinski definition) is 2. The van der Waals surface area contributed by atoms with Gasteiger partial charge < -0.3 is 10.4 Å². The molecule has 0 aliphatic heterocycles. The van der Waals surface area contributed by atoms with Gasteiger partial charge in [0.25, 0.3) is 0 Å². The summed E-state index contributed by atoms with van der Waals surface area (Å²) in [6.07, 6.45) is -7.16. The van der Waals surface area contributed by atoms with Crippen molar-refractivity contribution in [2.75, 3.05) is 18.1 Å². The summed E-state index contributed by atoms with van der Waals surface area (Å²) in [6, 6.07) is -0.623. The van der Waals surface area contributed by atoms with Crippen LogP contribution in [0.5, 0.6) is 0 Å². The molecule has 2 N–H and O–H groups in total. The summed E-state index contributed by atoms with van der Waals surface area (Å²) in [5.41, 5.74) is 0. The number of halogens is 3. The van der Waals surface area contributed by atoms with E-state index in [4.69, 9.17) is 5.11 Å². The Kier molecular flexibility index (Phi) is 5.71. The summed E-state index contributed by atoms with van der Waals surface area (Å²) in [4.78, 5) is 0. The lowest BCUT2D eigenvalue weighted by molar-refractivity contribution is -0.202. The number of rotatable bonds is 6. The maximum absolute atomic E-state index is 11.9. The normalized spacial score (nSPS) is 17.1. The van der Waals surface area contributed by atoms with E-state index < -0.39 is 34.7 Å². The van der Waals surface area contributed by atoms with Gasteiger partial charge in [-0.05, 0) is 6.92 Å². The molecule has 0 rings (SSSR count). The highest BCUT2D eigenvalue weighted by molar-refractivity contribution is 7.91. The van der Waals surface area contributed by atoms with E-state index >= 15 is 0 Å². The summed E-state index contributed by atoms with van der Waals surface area (Å²) in [5, 5.41) is 11.0. The second kappa shape index (κ2) is 5.83. The Morgan fingerprint density at radius 2 is 1.88 bits per heavy atom. The van der Waals surface area contributed by atoms with Crippen molar-refractivity contribution in [1.82, 2.24) is 5.32 Å². The number of nitrogens with one attached hydrogen (secondary N) is 1. The molecule has 98 valence electrons. The summed E-state index contributed by atoms with van der Waals surface area (Å²) >= 11 is 0. The SMILES string of the molecule is CCS(=O)(=O)CC(C)NCC(O)C(F)(F)F. The van der Waals surface area contributed by atoms with Crippen molar-refractivity contribution in [2.24, 2.45) is 0 Å².